The summed E-state index contributed by atoms with van der Waals surface area (Å²) in [5.74, 6) is -2.64. The number of hydrogen-bond donors (Lipinski definition) is 2. The van der Waals surface area contributed by atoms with E-state index in [1.807, 2.05) is 13.8 Å². The number of carboxylic acid groups (broad SMARTS) is 1. The molecule has 0 aromatic heterocycles. The molecule has 126 valence electrons. The van der Waals surface area contributed by atoms with Gasteiger partial charge in [0, 0.05) is 6.54 Å². The Bertz CT molecular complexity index is 434. The van der Waals surface area contributed by atoms with Crippen LogP contribution >= 0.6 is 0 Å². The molecule has 0 radical (unpaired) electrons. The first-order valence-electron chi connectivity index (χ1n) is 6.82. The SMILES string of the molecule is CC[C@H](C)[C@H](N)C(=O)N1CCCC1C#N.O=C(O)C(F)(F)F. The van der Waals surface area contributed by atoms with Crippen LogP contribution in [-0.2, 0) is 9.59 Å². The Balaban J connectivity index is 0.000000534. The van der Waals surface area contributed by atoms with Crippen molar-refractivity contribution in [2.24, 2.45) is 11.7 Å². The van der Waals surface area contributed by atoms with Gasteiger partial charge in [0.05, 0.1) is 12.1 Å². The van der Waals surface area contributed by atoms with E-state index in [1.54, 1.807) is 4.90 Å². The van der Waals surface area contributed by atoms with Gasteiger partial charge in [-0.3, -0.25) is 4.79 Å². The lowest BCUT2D eigenvalue weighted by Gasteiger charge is -2.26. The minimum atomic E-state index is -5.08. The molecule has 0 aromatic rings. The number of likely N-dealkylation sites (tertiary alicyclic amines) is 1. The zero-order chi connectivity index (χ0) is 17.5. The van der Waals surface area contributed by atoms with Crippen molar-refractivity contribution in [2.45, 2.75) is 51.4 Å². The van der Waals surface area contributed by atoms with E-state index in [2.05, 4.69) is 6.07 Å². The summed E-state index contributed by atoms with van der Waals surface area (Å²) in [6.45, 7) is 4.67. The number of carboxylic acids is 1. The Labute approximate surface area is 126 Å². The molecule has 3 N–H and O–H groups in total. The second-order valence-electron chi connectivity index (χ2n) is 5.03. The molecule has 0 bridgehead atoms. The van der Waals surface area contributed by atoms with Crippen molar-refractivity contribution in [2.75, 3.05) is 6.54 Å². The third-order valence-electron chi connectivity index (χ3n) is 3.47. The Kier molecular flexibility index (Phi) is 7.87. The van der Waals surface area contributed by atoms with E-state index in [4.69, 9.17) is 20.9 Å². The minimum absolute atomic E-state index is 0.0617. The zero-order valence-corrected chi connectivity index (χ0v) is 12.4. The zero-order valence-electron chi connectivity index (χ0n) is 12.4. The topological polar surface area (TPSA) is 107 Å². The van der Waals surface area contributed by atoms with Gasteiger partial charge in [-0.15, -0.1) is 0 Å². The molecule has 0 spiro atoms. The van der Waals surface area contributed by atoms with Gasteiger partial charge in [0.1, 0.15) is 6.04 Å². The lowest BCUT2D eigenvalue weighted by molar-refractivity contribution is -0.192. The number of rotatable bonds is 3. The number of alkyl halides is 3. The molecule has 1 heterocycles. The van der Waals surface area contributed by atoms with Gasteiger partial charge < -0.3 is 15.7 Å². The van der Waals surface area contributed by atoms with Crippen LogP contribution in [0.1, 0.15) is 33.1 Å². The fourth-order valence-electron chi connectivity index (χ4n) is 1.85. The highest BCUT2D eigenvalue weighted by atomic mass is 19.4. The van der Waals surface area contributed by atoms with Gasteiger partial charge >= 0.3 is 12.1 Å². The molecule has 9 heteroatoms. The van der Waals surface area contributed by atoms with Crippen molar-refractivity contribution in [3.8, 4) is 6.07 Å². The van der Waals surface area contributed by atoms with E-state index >= 15 is 0 Å². The standard InChI is InChI=1S/C11H19N3O.C2HF3O2/c1-3-8(2)10(13)11(15)14-6-4-5-9(14)7-12;3-2(4,5)1(6)7/h8-10H,3-6,13H2,1-2H3;(H,6,7)/t8-,9?,10-;/m0./s1. The molecule has 0 aromatic carbocycles. The van der Waals surface area contributed by atoms with Crippen molar-refractivity contribution in [3.05, 3.63) is 0 Å². The summed E-state index contributed by atoms with van der Waals surface area (Å²) in [6.07, 6.45) is -2.50. The second-order valence-corrected chi connectivity index (χ2v) is 5.03. The Morgan fingerprint density at radius 2 is 2.00 bits per heavy atom. The van der Waals surface area contributed by atoms with Crippen LogP contribution in [0.4, 0.5) is 13.2 Å². The number of carbonyl (C=O) groups excluding carboxylic acids is 1. The van der Waals surface area contributed by atoms with Gasteiger partial charge in [-0.25, -0.2) is 4.79 Å². The molecular weight excluding hydrogens is 303 g/mol. The molecule has 1 rings (SSSR count). The lowest BCUT2D eigenvalue weighted by atomic mass is 9.99. The predicted molar refractivity (Wildman–Crippen MR) is 71.5 cm³/mol. The number of aliphatic carboxylic acids is 1. The molecular formula is C13H20F3N3O3. The van der Waals surface area contributed by atoms with E-state index in [-0.39, 0.29) is 17.9 Å². The first-order chi connectivity index (χ1) is 10.1. The van der Waals surface area contributed by atoms with E-state index in [1.165, 1.54) is 0 Å². The summed E-state index contributed by atoms with van der Waals surface area (Å²) < 4.78 is 31.7. The minimum Gasteiger partial charge on any atom is -0.475 e. The molecule has 1 aliphatic heterocycles. The van der Waals surface area contributed by atoms with E-state index in [0.29, 0.717) is 6.54 Å². The normalized spacial score (nSPS) is 20.4. The molecule has 1 amide bonds. The molecule has 6 nitrogen and oxygen atoms in total. The summed E-state index contributed by atoms with van der Waals surface area (Å²) in [5, 5.41) is 16.0. The first kappa shape index (κ1) is 20.2. The Hall–Kier alpha value is -1.82. The monoisotopic (exact) mass is 323 g/mol. The summed E-state index contributed by atoms with van der Waals surface area (Å²) >= 11 is 0. The van der Waals surface area contributed by atoms with Gasteiger partial charge in [-0.2, -0.15) is 18.4 Å². The molecule has 1 unspecified atom stereocenters. The third-order valence-corrected chi connectivity index (χ3v) is 3.47. The maximum absolute atomic E-state index is 12.0. The number of amides is 1. The average molecular weight is 323 g/mol. The van der Waals surface area contributed by atoms with E-state index in [0.717, 1.165) is 19.3 Å². The van der Waals surface area contributed by atoms with Crippen LogP contribution in [0.3, 0.4) is 0 Å². The highest BCUT2D eigenvalue weighted by molar-refractivity contribution is 5.82. The van der Waals surface area contributed by atoms with Crippen LogP contribution in [-0.4, -0.2) is 46.7 Å². The number of halogens is 3. The lowest BCUT2D eigenvalue weighted by Crippen LogP contribution is -2.48. The molecule has 0 saturated carbocycles. The first-order valence-corrected chi connectivity index (χ1v) is 6.82. The summed E-state index contributed by atoms with van der Waals surface area (Å²) in [4.78, 5) is 22.5. The molecule has 1 fully saturated rings. The van der Waals surface area contributed by atoms with Crippen molar-refractivity contribution in [1.82, 2.24) is 4.90 Å². The third kappa shape index (κ3) is 5.89. The smallest absolute Gasteiger partial charge is 0.475 e. The molecule has 22 heavy (non-hydrogen) atoms. The van der Waals surface area contributed by atoms with Gasteiger partial charge in [-0.1, -0.05) is 20.3 Å². The predicted octanol–water partition coefficient (Wildman–Crippen LogP) is 1.51. The molecule has 1 aliphatic rings. The van der Waals surface area contributed by atoms with Crippen molar-refractivity contribution >= 4 is 11.9 Å². The fraction of sp³-hybridized carbons (Fsp3) is 0.769. The number of carbonyl (C=O) groups is 2. The number of hydrogen-bond acceptors (Lipinski definition) is 4. The van der Waals surface area contributed by atoms with Gasteiger partial charge in [0.25, 0.3) is 0 Å². The Morgan fingerprint density at radius 1 is 1.50 bits per heavy atom. The summed E-state index contributed by atoms with van der Waals surface area (Å²) in [7, 11) is 0. The van der Waals surface area contributed by atoms with E-state index in [9.17, 15) is 18.0 Å². The van der Waals surface area contributed by atoms with Gasteiger partial charge in [-0.05, 0) is 18.8 Å². The maximum atomic E-state index is 12.0. The van der Waals surface area contributed by atoms with E-state index < -0.39 is 18.2 Å². The van der Waals surface area contributed by atoms with Crippen LogP contribution in [0.2, 0.25) is 0 Å². The summed E-state index contributed by atoms with van der Waals surface area (Å²) in [5.41, 5.74) is 5.87. The van der Waals surface area contributed by atoms with Gasteiger partial charge in [0.15, 0.2) is 0 Å². The average Bonchev–Trinajstić information content (AvgIpc) is 2.92. The van der Waals surface area contributed by atoms with Crippen LogP contribution < -0.4 is 5.73 Å². The van der Waals surface area contributed by atoms with Crippen molar-refractivity contribution in [3.63, 3.8) is 0 Å². The number of nitrogens with zero attached hydrogens (tertiary/aromatic N) is 2. The van der Waals surface area contributed by atoms with Gasteiger partial charge in [0.2, 0.25) is 5.91 Å². The van der Waals surface area contributed by atoms with Crippen molar-refractivity contribution < 1.29 is 27.9 Å². The van der Waals surface area contributed by atoms with Crippen LogP contribution in [0, 0.1) is 17.2 Å². The quantitative estimate of drug-likeness (QED) is 0.818. The highest BCUT2D eigenvalue weighted by Gasteiger charge is 2.38. The summed E-state index contributed by atoms with van der Waals surface area (Å²) in [6, 6.07) is 1.44. The largest absolute Gasteiger partial charge is 0.490 e. The van der Waals surface area contributed by atoms with Crippen molar-refractivity contribution in [1.29, 1.82) is 5.26 Å². The molecule has 0 aliphatic carbocycles. The number of nitrogens with two attached hydrogens (primary N) is 1. The van der Waals surface area contributed by atoms with Crippen LogP contribution in [0.5, 0.6) is 0 Å². The molecule has 1 saturated heterocycles. The van der Waals surface area contributed by atoms with Crippen LogP contribution in [0.25, 0.3) is 0 Å². The van der Waals surface area contributed by atoms with Crippen LogP contribution in [0.15, 0.2) is 0 Å². The fourth-order valence-corrected chi connectivity index (χ4v) is 1.85. The molecule has 3 atom stereocenters. The number of nitriles is 1. The second kappa shape index (κ2) is 8.58. The Morgan fingerprint density at radius 3 is 2.36 bits per heavy atom. The highest BCUT2D eigenvalue weighted by Crippen LogP contribution is 2.19. The maximum Gasteiger partial charge on any atom is 0.490 e.